The minimum absolute atomic E-state index is 0.0238. The first-order valence-corrected chi connectivity index (χ1v) is 7.08. The summed E-state index contributed by atoms with van der Waals surface area (Å²) in [5.74, 6) is -0.627. The lowest BCUT2D eigenvalue weighted by Crippen LogP contribution is -2.09. The van der Waals surface area contributed by atoms with Crippen molar-refractivity contribution in [3.05, 3.63) is 53.8 Å². The van der Waals surface area contributed by atoms with Crippen molar-refractivity contribution in [2.75, 3.05) is 5.73 Å². The third-order valence-electron chi connectivity index (χ3n) is 2.78. The summed E-state index contributed by atoms with van der Waals surface area (Å²) < 4.78 is 45.7. The summed E-state index contributed by atoms with van der Waals surface area (Å²) >= 11 is 0. The first kappa shape index (κ1) is 12.6. The summed E-state index contributed by atoms with van der Waals surface area (Å²) in [6, 6.07) is 9.84. The standard InChI is InChI=1S/C13H9FN2O3S/c14-8-5-6-10(15)11(7-8)19-13-9-3-1-2-4-12(9)20(17,18)16-13/h1-7H,15H2. The van der Waals surface area contributed by atoms with Crippen molar-refractivity contribution < 1.29 is 17.5 Å². The number of nitrogen functional groups attached to an aromatic ring is 1. The fourth-order valence-electron chi connectivity index (χ4n) is 1.85. The molecule has 0 saturated heterocycles. The molecule has 2 aromatic carbocycles. The molecule has 1 heterocycles. The van der Waals surface area contributed by atoms with E-state index in [0.29, 0.717) is 5.56 Å². The molecule has 0 amide bonds. The van der Waals surface area contributed by atoms with Crippen molar-refractivity contribution >= 4 is 21.6 Å². The van der Waals surface area contributed by atoms with Crippen LogP contribution in [0.5, 0.6) is 5.75 Å². The van der Waals surface area contributed by atoms with Crippen LogP contribution in [0, 0.1) is 5.82 Å². The lowest BCUT2D eigenvalue weighted by molar-refractivity contribution is 0.544. The van der Waals surface area contributed by atoms with Gasteiger partial charge in [-0.2, -0.15) is 8.42 Å². The molecule has 0 aliphatic carbocycles. The van der Waals surface area contributed by atoms with Crippen molar-refractivity contribution in [1.29, 1.82) is 0 Å². The van der Waals surface area contributed by atoms with Gasteiger partial charge < -0.3 is 10.5 Å². The van der Waals surface area contributed by atoms with Gasteiger partial charge >= 0.3 is 0 Å². The Kier molecular flexibility index (Phi) is 2.72. The molecular formula is C13H9FN2O3S. The minimum Gasteiger partial charge on any atom is -0.435 e. The highest BCUT2D eigenvalue weighted by Crippen LogP contribution is 2.29. The zero-order chi connectivity index (χ0) is 14.3. The molecule has 1 aliphatic heterocycles. The smallest absolute Gasteiger partial charge is 0.286 e. The number of anilines is 1. The molecule has 0 saturated carbocycles. The van der Waals surface area contributed by atoms with Gasteiger partial charge in [-0.25, -0.2) is 4.39 Å². The molecule has 0 radical (unpaired) electrons. The first-order valence-electron chi connectivity index (χ1n) is 5.64. The van der Waals surface area contributed by atoms with E-state index in [-0.39, 0.29) is 22.2 Å². The van der Waals surface area contributed by atoms with E-state index in [9.17, 15) is 12.8 Å². The van der Waals surface area contributed by atoms with E-state index >= 15 is 0 Å². The summed E-state index contributed by atoms with van der Waals surface area (Å²) in [5, 5.41) is 0. The number of ether oxygens (including phenoxy) is 1. The molecule has 0 spiro atoms. The van der Waals surface area contributed by atoms with Crippen LogP contribution in [0.4, 0.5) is 10.1 Å². The molecule has 102 valence electrons. The number of hydrogen-bond acceptors (Lipinski definition) is 4. The maximum atomic E-state index is 13.2. The van der Waals surface area contributed by atoms with Gasteiger partial charge in [0.1, 0.15) is 10.7 Å². The number of nitrogens with two attached hydrogens (primary N) is 1. The molecule has 7 heteroatoms. The van der Waals surface area contributed by atoms with Gasteiger partial charge in [0.25, 0.3) is 10.0 Å². The van der Waals surface area contributed by atoms with Crippen LogP contribution < -0.4 is 10.5 Å². The SMILES string of the molecule is Nc1ccc(F)cc1OC1=NS(=O)(=O)c2ccccc21. The third-order valence-corrected chi connectivity index (χ3v) is 4.10. The molecule has 0 fully saturated rings. The molecule has 2 N–H and O–H groups in total. The number of hydrogen-bond donors (Lipinski definition) is 1. The normalized spacial score (nSPS) is 15.6. The highest BCUT2D eigenvalue weighted by atomic mass is 32.2. The van der Waals surface area contributed by atoms with Crippen molar-refractivity contribution in [3.8, 4) is 5.75 Å². The van der Waals surface area contributed by atoms with Crippen molar-refractivity contribution in [2.45, 2.75) is 4.90 Å². The van der Waals surface area contributed by atoms with Gasteiger partial charge in [0.05, 0.1) is 11.3 Å². The second kappa shape index (κ2) is 4.31. The van der Waals surface area contributed by atoms with E-state index in [1.54, 1.807) is 18.2 Å². The van der Waals surface area contributed by atoms with Gasteiger partial charge in [-0.3, -0.25) is 0 Å². The first-order chi connectivity index (χ1) is 9.47. The van der Waals surface area contributed by atoms with E-state index in [4.69, 9.17) is 10.5 Å². The van der Waals surface area contributed by atoms with E-state index in [1.807, 2.05) is 0 Å². The number of fused-ring (bicyclic) bond motifs is 1. The highest BCUT2D eigenvalue weighted by Gasteiger charge is 2.30. The lowest BCUT2D eigenvalue weighted by atomic mass is 10.2. The summed E-state index contributed by atoms with van der Waals surface area (Å²) in [7, 11) is -3.77. The fourth-order valence-corrected chi connectivity index (χ4v) is 2.99. The van der Waals surface area contributed by atoms with Gasteiger partial charge in [-0.15, -0.1) is 4.40 Å². The fraction of sp³-hybridized carbons (Fsp3) is 0. The summed E-state index contributed by atoms with van der Waals surface area (Å²) in [4.78, 5) is 0.0602. The maximum absolute atomic E-state index is 13.2. The second-order valence-electron chi connectivity index (χ2n) is 4.15. The number of nitrogens with zero attached hydrogens (tertiary/aromatic N) is 1. The molecule has 0 atom stereocenters. The molecule has 3 rings (SSSR count). The van der Waals surface area contributed by atoms with Crippen LogP contribution in [0.2, 0.25) is 0 Å². The van der Waals surface area contributed by atoms with Crippen molar-refractivity contribution in [2.24, 2.45) is 4.40 Å². The Bertz CT molecular complexity index is 831. The van der Waals surface area contributed by atoms with E-state index < -0.39 is 15.8 Å². The maximum Gasteiger partial charge on any atom is 0.286 e. The zero-order valence-corrected chi connectivity index (χ0v) is 10.9. The molecule has 1 aliphatic rings. The average molecular weight is 292 g/mol. The summed E-state index contributed by atoms with van der Waals surface area (Å²) in [5.41, 5.74) is 6.18. The largest absolute Gasteiger partial charge is 0.435 e. The van der Waals surface area contributed by atoms with Crippen LogP contribution in [0.15, 0.2) is 51.8 Å². The topological polar surface area (TPSA) is 81.8 Å². The number of benzene rings is 2. The van der Waals surface area contributed by atoms with E-state index in [0.717, 1.165) is 6.07 Å². The Labute approximate surface area is 114 Å². The predicted octanol–water partition coefficient (Wildman–Crippen LogP) is 1.94. The third kappa shape index (κ3) is 2.01. The van der Waals surface area contributed by atoms with Crippen LogP contribution in [-0.4, -0.2) is 14.3 Å². The monoisotopic (exact) mass is 292 g/mol. The minimum atomic E-state index is -3.77. The Morgan fingerprint density at radius 1 is 1.15 bits per heavy atom. The van der Waals surface area contributed by atoms with Crippen molar-refractivity contribution in [3.63, 3.8) is 0 Å². The number of sulfonamides is 1. The Morgan fingerprint density at radius 3 is 2.70 bits per heavy atom. The molecular weight excluding hydrogens is 283 g/mol. The van der Waals surface area contributed by atoms with Gasteiger partial charge in [-0.1, -0.05) is 12.1 Å². The van der Waals surface area contributed by atoms with Crippen LogP contribution in [0.3, 0.4) is 0 Å². The number of rotatable bonds is 1. The predicted molar refractivity (Wildman–Crippen MR) is 71.6 cm³/mol. The molecule has 20 heavy (non-hydrogen) atoms. The Hall–Kier alpha value is -2.41. The second-order valence-corrected chi connectivity index (χ2v) is 5.72. The summed E-state index contributed by atoms with van der Waals surface area (Å²) in [6.45, 7) is 0. The van der Waals surface area contributed by atoms with Gasteiger partial charge in [0.2, 0.25) is 5.90 Å². The summed E-state index contributed by atoms with van der Waals surface area (Å²) in [6.07, 6.45) is 0. The van der Waals surface area contributed by atoms with E-state index in [1.165, 1.54) is 18.2 Å². The average Bonchev–Trinajstić information content (AvgIpc) is 2.66. The lowest BCUT2D eigenvalue weighted by Gasteiger charge is -2.08. The molecule has 0 unspecified atom stereocenters. The zero-order valence-electron chi connectivity index (χ0n) is 10.1. The Balaban J connectivity index is 2.07. The van der Waals surface area contributed by atoms with E-state index in [2.05, 4.69) is 4.40 Å². The van der Waals surface area contributed by atoms with Gasteiger partial charge in [-0.05, 0) is 24.3 Å². The van der Waals surface area contributed by atoms with Crippen LogP contribution in [0.1, 0.15) is 5.56 Å². The van der Waals surface area contributed by atoms with Gasteiger partial charge in [0, 0.05) is 6.07 Å². The molecule has 5 nitrogen and oxygen atoms in total. The van der Waals surface area contributed by atoms with Crippen LogP contribution in [0.25, 0.3) is 0 Å². The van der Waals surface area contributed by atoms with Crippen LogP contribution >= 0.6 is 0 Å². The van der Waals surface area contributed by atoms with Crippen molar-refractivity contribution in [1.82, 2.24) is 0 Å². The highest BCUT2D eigenvalue weighted by molar-refractivity contribution is 7.90. The Morgan fingerprint density at radius 2 is 1.90 bits per heavy atom. The molecule has 2 aromatic rings. The number of halogens is 1. The van der Waals surface area contributed by atoms with Crippen LogP contribution in [-0.2, 0) is 10.0 Å². The van der Waals surface area contributed by atoms with Gasteiger partial charge in [0.15, 0.2) is 5.75 Å². The molecule has 0 aromatic heterocycles. The molecule has 0 bridgehead atoms. The quantitative estimate of drug-likeness (QED) is 0.814.